The molecule has 0 aromatic heterocycles. The van der Waals surface area contributed by atoms with Crippen LogP contribution in [0.3, 0.4) is 0 Å². The first-order valence-electron chi connectivity index (χ1n) is 4.53. The molecule has 1 rings (SSSR count). The van der Waals surface area contributed by atoms with Gasteiger partial charge in [-0.05, 0) is 24.5 Å². The molecular weight excluding hydrogens is 206 g/mol. The minimum Gasteiger partial charge on any atom is -0.207 e. The van der Waals surface area contributed by atoms with Crippen molar-refractivity contribution in [3.05, 3.63) is 34.9 Å². The summed E-state index contributed by atoms with van der Waals surface area (Å²) in [7, 11) is 0. The van der Waals surface area contributed by atoms with E-state index in [0.717, 1.165) is 6.07 Å². The molecule has 0 spiro atoms. The number of halogens is 3. The van der Waals surface area contributed by atoms with Gasteiger partial charge in [-0.1, -0.05) is 13.8 Å². The van der Waals surface area contributed by atoms with E-state index in [9.17, 15) is 8.78 Å². The van der Waals surface area contributed by atoms with Gasteiger partial charge >= 0.3 is 0 Å². The number of rotatable bonds is 2. The van der Waals surface area contributed by atoms with Crippen molar-refractivity contribution in [1.82, 2.24) is 0 Å². The maximum atomic E-state index is 13.3. The normalized spacial score (nSPS) is 13.4. The van der Waals surface area contributed by atoms with Crippen LogP contribution in [0, 0.1) is 24.5 Å². The summed E-state index contributed by atoms with van der Waals surface area (Å²) >= 11 is 6.01. The second-order valence-electron chi connectivity index (χ2n) is 3.77. The SMILES string of the molecule is Cc1cc(C(Cl)C(C)C)c(F)cc1F. The molecule has 0 bridgehead atoms. The Morgan fingerprint density at radius 1 is 1.14 bits per heavy atom. The predicted octanol–water partition coefficient (Wildman–Crippen LogP) is 4.21. The lowest BCUT2D eigenvalue weighted by atomic mass is 10.00. The first kappa shape index (κ1) is 11.4. The van der Waals surface area contributed by atoms with Crippen molar-refractivity contribution in [2.45, 2.75) is 26.1 Å². The summed E-state index contributed by atoms with van der Waals surface area (Å²) in [5, 5.41) is -0.408. The Morgan fingerprint density at radius 2 is 1.71 bits per heavy atom. The second kappa shape index (κ2) is 4.26. The summed E-state index contributed by atoms with van der Waals surface area (Å²) in [6.07, 6.45) is 0. The smallest absolute Gasteiger partial charge is 0.130 e. The summed E-state index contributed by atoms with van der Waals surface area (Å²) in [5.41, 5.74) is 0.799. The van der Waals surface area contributed by atoms with E-state index in [4.69, 9.17) is 11.6 Å². The fraction of sp³-hybridized carbons (Fsp3) is 0.455. The standard InChI is InChI=1S/C11H13ClF2/c1-6(2)11(12)8-4-7(3)9(13)5-10(8)14/h4-6,11H,1-3H3. The van der Waals surface area contributed by atoms with Gasteiger partial charge in [-0.3, -0.25) is 0 Å². The Hall–Kier alpha value is -0.630. The minimum absolute atomic E-state index is 0.121. The lowest BCUT2D eigenvalue weighted by Crippen LogP contribution is -2.03. The molecule has 0 aliphatic carbocycles. The monoisotopic (exact) mass is 218 g/mol. The first-order chi connectivity index (χ1) is 6.43. The number of hydrogen-bond donors (Lipinski definition) is 0. The highest BCUT2D eigenvalue weighted by Gasteiger charge is 2.18. The lowest BCUT2D eigenvalue weighted by molar-refractivity contribution is 0.541. The van der Waals surface area contributed by atoms with Gasteiger partial charge in [0.05, 0.1) is 5.38 Å². The Kier molecular flexibility index (Phi) is 3.48. The molecule has 1 unspecified atom stereocenters. The molecule has 1 aromatic carbocycles. The summed E-state index contributed by atoms with van der Waals surface area (Å²) < 4.78 is 26.3. The van der Waals surface area contributed by atoms with Gasteiger partial charge in [-0.2, -0.15) is 0 Å². The molecule has 0 aliphatic heterocycles. The summed E-state index contributed by atoms with van der Waals surface area (Å²) in [5.74, 6) is -0.975. The van der Waals surface area contributed by atoms with Crippen LogP contribution in [-0.4, -0.2) is 0 Å². The maximum Gasteiger partial charge on any atom is 0.130 e. The fourth-order valence-electron chi connectivity index (χ4n) is 1.25. The molecule has 0 amide bonds. The van der Waals surface area contributed by atoms with Gasteiger partial charge in [0.2, 0.25) is 0 Å². The third-order valence-corrected chi connectivity index (χ3v) is 2.90. The van der Waals surface area contributed by atoms with E-state index in [1.807, 2.05) is 13.8 Å². The van der Waals surface area contributed by atoms with Crippen LogP contribution in [0.5, 0.6) is 0 Å². The van der Waals surface area contributed by atoms with E-state index in [0.29, 0.717) is 11.1 Å². The summed E-state index contributed by atoms with van der Waals surface area (Å²) in [4.78, 5) is 0. The molecule has 0 nitrogen and oxygen atoms in total. The molecular formula is C11H13ClF2. The molecule has 0 radical (unpaired) electrons. The molecule has 78 valence electrons. The highest BCUT2D eigenvalue weighted by molar-refractivity contribution is 6.21. The summed E-state index contributed by atoms with van der Waals surface area (Å²) in [6, 6.07) is 2.37. The van der Waals surface area contributed by atoms with Crippen LogP contribution >= 0.6 is 11.6 Å². The molecule has 0 saturated carbocycles. The van der Waals surface area contributed by atoms with E-state index in [1.165, 1.54) is 6.07 Å². The molecule has 1 aromatic rings. The highest BCUT2D eigenvalue weighted by Crippen LogP contribution is 2.31. The van der Waals surface area contributed by atoms with Gasteiger partial charge in [-0.15, -0.1) is 11.6 Å². The largest absolute Gasteiger partial charge is 0.207 e. The van der Waals surface area contributed by atoms with Crippen LogP contribution < -0.4 is 0 Å². The lowest BCUT2D eigenvalue weighted by Gasteiger charge is -2.15. The minimum atomic E-state index is -0.568. The van der Waals surface area contributed by atoms with Crippen LogP contribution in [0.15, 0.2) is 12.1 Å². The predicted molar refractivity (Wildman–Crippen MR) is 54.5 cm³/mol. The van der Waals surface area contributed by atoms with Crippen LogP contribution in [0.25, 0.3) is 0 Å². The van der Waals surface area contributed by atoms with Gasteiger partial charge in [0, 0.05) is 11.6 Å². The summed E-state index contributed by atoms with van der Waals surface area (Å²) in [6.45, 7) is 5.40. The first-order valence-corrected chi connectivity index (χ1v) is 4.96. The van der Waals surface area contributed by atoms with Gasteiger partial charge < -0.3 is 0 Å². The third kappa shape index (κ3) is 2.24. The van der Waals surface area contributed by atoms with Crippen LogP contribution in [0.2, 0.25) is 0 Å². The van der Waals surface area contributed by atoms with Crippen molar-refractivity contribution in [1.29, 1.82) is 0 Å². The molecule has 3 heteroatoms. The van der Waals surface area contributed by atoms with Gasteiger partial charge in [0.1, 0.15) is 11.6 Å². The average Bonchev–Trinajstić information content (AvgIpc) is 2.10. The number of hydrogen-bond acceptors (Lipinski definition) is 0. The van der Waals surface area contributed by atoms with E-state index < -0.39 is 17.0 Å². The van der Waals surface area contributed by atoms with Crippen molar-refractivity contribution >= 4 is 11.6 Å². The van der Waals surface area contributed by atoms with Crippen molar-refractivity contribution in [3.8, 4) is 0 Å². The van der Waals surface area contributed by atoms with Crippen LogP contribution in [0.1, 0.15) is 30.4 Å². The Labute approximate surface area is 87.9 Å². The molecule has 0 aliphatic rings. The molecule has 14 heavy (non-hydrogen) atoms. The van der Waals surface area contributed by atoms with Gasteiger partial charge in [0.15, 0.2) is 0 Å². The Bertz CT molecular complexity index is 334. The number of aryl methyl sites for hydroxylation is 1. The second-order valence-corrected chi connectivity index (χ2v) is 4.24. The average molecular weight is 219 g/mol. The van der Waals surface area contributed by atoms with Crippen molar-refractivity contribution in [3.63, 3.8) is 0 Å². The van der Waals surface area contributed by atoms with E-state index in [2.05, 4.69) is 0 Å². The Morgan fingerprint density at radius 3 is 2.21 bits per heavy atom. The molecule has 0 saturated heterocycles. The van der Waals surface area contributed by atoms with E-state index >= 15 is 0 Å². The zero-order chi connectivity index (χ0) is 10.9. The zero-order valence-electron chi connectivity index (χ0n) is 8.44. The third-order valence-electron chi connectivity index (χ3n) is 2.16. The van der Waals surface area contributed by atoms with Crippen LogP contribution in [0.4, 0.5) is 8.78 Å². The zero-order valence-corrected chi connectivity index (χ0v) is 9.20. The topological polar surface area (TPSA) is 0 Å². The fourth-order valence-corrected chi connectivity index (χ4v) is 1.42. The Balaban J connectivity index is 3.15. The molecule has 0 heterocycles. The van der Waals surface area contributed by atoms with Crippen LogP contribution in [-0.2, 0) is 0 Å². The number of benzene rings is 1. The molecule has 1 atom stereocenters. The highest BCUT2D eigenvalue weighted by atomic mass is 35.5. The van der Waals surface area contributed by atoms with Crippen molar-refractivity contribution < 1.29 is 8.78 Å². The number of alkyl halides is 1. The molecule has 0 fully saturated rings. The molecule has 0 N–H and O–H groups in total. The maximum absolute atomic E-state index is 13.3. The van der Waals surface area contributed by atoms with E-state index in [1.54, 1.807) is 6.92 Å². The van der Waals surface area contributed by atoms with Crippen molar-refractivity contribution in [2.24, 2.45) is 5.92 Å². The van der Waals surface area contributed by atoms with E-state index in [-0.39, 0.29) is 5.92 Å². The quantitative estimate of drug-likeness (QED) is 0.653. The van der Waals surface area contributed by atoms with Gasteiger partial charge in [0.25, 0.3) is 0 Å². The van der Waals surface area contributed by atoms with Gasteiger partial charge in [-0.25, -0.2) is 8.78 Å². The van der Waals surface area contributed by atoms with Crippen molar-refractivity contribution in [2.75, 3.05) is 0 Å².